The van der Waals surface area contributed by atoms with Gasteiger partial charge in [-0.2, -0.15) is 0 Å². The predicted molar refractivity (Wildman–Crippen MR) is 75.5 cm³/mol. The average Bonchev–Trinajstić information content (AvgIpc) is 2.99. The highest BCUT2D eigenvalue weighted by Crippen LogP contribution is 2.39. The Hall–Kier alpha value is -0.780. The largest absolute Gasteiger partial charge is 0.454 e. The summed E-state index contributed by atoms with van der Waals surface area (Å²) in [7, 11) is 0. The molecular weight excluding hydrogens is 310 g/mol. The summed E-state index contributed by atoms with van der Waals surface area (Å²) in [6, 6.07) is 4.11. The maximum absolute atomic E-state index is 5.56. The number of ether oxygens (including phenoxy) is 3. The minimum Gasteiger partial charge on any atom is -0.454 e. The smallest absolute Gasteiger partial charge is 0.231 e. The van der Waals surface area contributed by atoms with Gasteiger partial charge >= 0.3 is 0 Å². The molecule has 2 aliphatic rings. The number of rotatable bonds is 4. The zero-order valence-electron chi connectivity index (χ0n) is 10.9. The molecule has 4 nitrogen and oxygen atoms in total. The Balaban J connectivity index is 1.57. The first-order chi connectivity index (χ1) is 9.24. The van der Waals surface area contributed by atoms with Crippen LogP contribution in [0.3, 0.4) is 0 Å². The Morgan fingerprint density at radius 3 is 3.05 bits per heavy atom. The van der Waals surface area contributed by atoms with Crippen LogP contribution >= 0.6 is 15.9 Å². The minimum absolute atomic E-state index is 0.307. The maximum Gasteiger partial charge on any atom is 0.231 e. The number of hydrogen-bond acceptors (Lipinski definition) is 4. The van der Waals surface area contributed by atoms with Gasteiger partial charge in [-0.3, -0.25) is 0 Å². The summed E-state index contributed by atoms with van der Waals surface area (Å²) in [6.45, 7) is 5.17. The molecule has 2 aliphatic heterocycles. The lowest BCUT2D eigenvalue weighted by atomic mass is 10.0. The third-order valence-electron chi connectivity index (χ3n) is 3.76. The van der Waals surface area contributed by atoms with Gasteiger partial charge in [0.05, 0.1) is 10.6 Å². The first kappa shape index (κ1) is 13.2. The topological polar surface area (TPSA) is 39.7 Å². The van der Waals surface area contributed by atoms with Crippen LogP contribution in [0.2, 0.25) is 0 Å². The zero-order valence-corrected chi connectivity index (χ0v) is 12.5. The van der Waals surface area contributed by atoms with Crippen LogP contribution in [-0.2, 0) is 11.3 Å². The van der Waals surface area contributed by atoms with Crippen molar-refractivity contribution in [2.45, 2.75) is 26.0 Å². The molecule has 1 aromatic rings. The highest BCUT2D eigenvalue weighted by Gasteiger charge is 2.23. The van der Waals surface area contributed by atoms with Gasteiger partial charge < -0.3 is 19.5 Å². The van der Waals surface area contributed by atoms with Gasteiger partial charge in [0.1, 0.15) is 0 Å². The van der Waals surface area contributed by atoms with Crippen LogP contribution in [0.25, 0.3) is 0 Å². The monoisotopic (exact) mass is 327 g/mol. The molecule has 2 atom stereocenters. The van der Waals surface area contributed by atoms with Crippen molar-refractivity contribution in [3.05, 3.63) is 22.2 Å². The average molecular weight is 328 g/mol. The van der Waals surface area contributed by atoms with Crippen molar-refractivity contribution in [3.8, 4) is 11.5 Å². The standard InChI is InChI=1S/C14H18BrNO3/c1-9-11(2-3-17-9)7-16-6-10-4-12(15)14-13(5-10)18-8-19-14/h4-5,9,11,16H,2-3,6-8H2,1H3. The Morgan fingerprint density at radius 1 is 1.37 bits per heavy atom. The second-order valence-corrected chi connectivity index (χ2v) is 5.92. The van der Waals surface area contributed by atoms with Crippen molar-refractivity contribution in [2.24, 2.45) is 5.92 Å². The first-order valence-corrected chi connectivity index (χ1v) is 7.43. The molecule has 0 amide bonds. The minimum atomic E-state index is 0.307. The van der Waals surface area contributed by atoms with Gasteiger partial charge in [-0.25, -0.2) is 0 Å². The third-order valence-corrected chi connectivity index (χ3v) is 4.34. The quantitative estimate of drug-likeness (QED) is 0.923. The number of benzene rings is 1. The summed E-state index contributed by atoms with van der Waals surface area (Å²) in [6.07, 6.45) is 1.52. The highest BCUT2D eigenvalue weighted by atomic mass is 79.9. The molecule has 1 N–H and O–H groups in total. The number of halogens is 1. The van der Waals surface area contributed by atoms with Gasteiger partial charge in [-0.1, -0.05) is 0 Å². The van der Waals surface area contributed by atoms with Crippen LogP contribution in [0.4, 0.5) is 0 Å². The highest BCUT2D eigenvalue weighted by molar-refractivity contribution is 9.10. The lowest BCUT2D eigenvalue weighted by Gasteiger charge is -2.15. The normalized spacial score (nSPS) is 24.9. The van der Waals surface area contributed by atoms with Crippen molar-refractivity contribution in [2.75, 3.05) is 19.9 Å². The molecule has 0 bridgehead atoms. The van der Waals surface area contributed by atoms with Gasteiger partial charge in [0.15, 0.2) is 11.5 Å². The molecule has 0 saturated carbocycles. The second-order valence-electron chi connectivity index (χ2n) is 5.07. The van der Waals surface area contributed by atoms with Gasteiger partial charge in [0.2, 0.25) is 6.79 Å². The van der Waals surface area contributed by atoms with E-state index < -0.39 is 0 Å². The molecular formula is C14H18BrNO3. The van der Waals surface area contributed by atoms with Crippen molar-refractivity contribution in [1.29, 1.82) is 0 Å². The van der Waals surface area contributed by atoms with Gasteiger partial charge in [0, 0.05) is 19.7 Å². The van der Waals surface area contributed by atoms with Crippen LogP contribution in [0.5, 0.6) is 11.5 Å². The summed E-state index contributed by atoms with van der Waals surface area (Å²) >= 11 is 3.51. The van der Waals surface area contributed by atoms with E-state index in [9.17, 15) is 0 Å². The van der Waals surface area contributed by atoms with Crippen molar-refractivity contribution < 1.29 is 14.2 Å². The van der Waals surface area contributed by atoms with Crippen LogP contribution < -0.4 is 14.8 Å². The maximum atomic E-state index is 5.56. The molecule has 19 heavy (non-hydrogen) atoms. The summed E-state index contributed by atoms with van der Waals surface area (Å²) in [5.41, 5.74) is 1.20. The summed E-state index contributed by atoms with van der Waals surface area (Å²) in [5.74, 6) is 2.25. The molecule has 104 valence electrons. The fourth-order valence-corrected chi connectivity index (χ4v) is 3.17. The first-order valence-electron chi connectivity index (χ1n) is 6.64. The Morgan fingerprint density at radius 2 is 2.26 bits per heavy atom. The molecule has 0 aliphatic carbocycles. The van der Waals surface area contributed by atoms with E-state index in [4.69, 9.17) is 14.2 Å². The van der Waals surface area contributed by atoms with Crippen molar-refractivity contribution in [1.82, 2.24) is 5.32 Å². The van der Waals surface area contributed by atoms with Crippen molar-refractivity contribution in [3.63, 3.8) is 0 Å². The van der Waals surface area contributed by atoms with Gasteiger partial charge in [0.25, 0.3) is 0 Å². The molecule has 1 aromatic carbocycles. The van der Waals surface area contributed by atoms with E-state index >= 15 is 0 Å². The molecule has 0 spiro atoms. The van der Waals surface area contributed by atoms with Crippen LogP contribution in [0.15, 0.2) is 16.6 Å². The summed E-state index contributed by atoms with van der Waals surface area (Å²) < 4.78 is 17.3. The van der Waals surface area contributed by atoms with Crippen molar-refractivity contribution >= 4 is 15.9 Å². The molecule has 0 aromatic heterocycles. The van der Waals surface area contributed by atoms with Crippen LogP contribution in [0, 0.1) is 5.92 Å². The van der Waals surface area contributed by atoms with E-state index in [-0.39, 0.29) is 0 Å². The Kier molecular flexibility index (Phi) is 3.96. The van der Waals surface area contributed by atoms with Gasteiger partial charge in [-0.05, 0) is 52.9 Å². The SMILES string of the molecule is CC1OCCC1CNCc1cc(Br)c2c(c1)OCO2. The summed E-state index contributed by atoms with van der Waals surface area (Å²) in [4.78, 5) is 0. The van der Waals surface area contributed by atoms with Crippen LogP contribution in [-0.4, -0.2) is 26.0 Å². The van der Waals surface area contributed by atoms with Gasteiger partial charge in [-0.15, -0.1) is 0 Å². The molecule has 1 saturated heterocycles. The van der Waals surface area contributed by atoms with E-state index in [1.807, 2.05) is 6.07 Å². The van der Waals surface area contributed by atoms with E-state index in [0.717, 1.165) is 42.1 Å². The lowest BCUT2D eigenvalue weighted by molar-refractivity contribution is 0.105. The molecule has 2 heterocycles. The fourth-order valence-electron chi connectivity index (χ4n) is 2.57. The molecule has 3 rings (SSSR count). The Bertz CT molecular complexity index is 466. The van der Waals surface area contributed by atoms with E-state index in [2.05, 4.69) is 34.2 Å². The number of fused-ring (bicyclic) bond motifs is 1. The number of nitrogens with one attached hydrogen (secondary N) is 1. The fraction of sp³-hybridized carbons (Fsp3) is 0.571. The van der Waals surface area contributed by atoms with Crippen LogP contribution in [0.1, 0.15) is 18.9 Å². The zero-order chi connectivity index (χ0) is 13.2. The molecule has 2 unspecified atom stereocenters. The molecule has 5 heteroatoms. The lowest BCUT2D eigenvalue weighted by Crippen LogP contribution is -2.26. The second kappa shape index (κ2) is 5.69. The Labute approximate surface area is 121 Å². The molecule has 1 fully saturated rings. The van der Waals surface area contributed by atoms with E-state index in [0.29, 0.717) is 18.8 Å². The number of hydrogen-bond donors (Lipinski definition) is 1. The van der Waals surface area contributed by atoms with E-state index in [1.54, 1.807) is 0 Å². The predicted octanol–water partition coefficient (Wildman–Crippen LogP) is 2.69. The molecule has 0 radical (unpaired) electrons. The third kappa shape index (κ3) is 2.88. The van der Waals surface area contributed by atoms with E-state index in [1.165, 1.54) is 5.56 Å². The summed E-state index contributed by atoms with van der Waals surface area (Å²) in [5, 5.41) is 3.50.